The van der Waals surface area contributed by atoms with Crippen molar-refractivity contribution in [1.82, 2.24) is 60.7 Å². The molecule has 4 aromatic heterocycles. The minimum atomic E-state index is -1.34. The van der Waals surface area contributed by atoms with Gasteiger partial charge in [-0.3, -0.25) is 39.0 Å². The zero-order valence-corrected chi connectivity index (χ0v) is 53.7. The van der Waals surface area contributed by atoms with E-state index in [1.54, 1.807) is 56.7 Å². The van der Waals surface area contributed by atoms with Crippen LogP contribution >= 0.6 is 34.0 Å². The lowest BCUT2D eigenvalue weighted by atomic mass is 10.1. The minimum Gasteiger partial charge on any atom is -0.477 e. The van der Waals surface area contributed by atoms with E-state index in [9.17, 15) is 19.5 Å². The molecule has 0 aliphatic carbocycles. The number of amides is 1. The first-order valence-electron chi connectivity index (χ1n) is 31.5. The number of nitrogens with one attached hydrogen (secondary N) is 6. The van der Waals surface area contributed by atoms with E-state index >= 15 is 4.39 Å². The van der Waals surface area contributed by atoms with Crippen molar-refractivity contribution in [3.63, 3.8) is 0 Å². The molecule has 9 N–H and O–H groups in total. The van der Waals surface area contributed by atoms with Crippen LogP contribution in [0, 0.1) is 5.82 Å². The van der Waals surface area contributed by atoms with E-state index in [4.69, 9.17) is 21.2 Å². The average molecular weight is 1280 g/mol. The smallest absolute Gasteiger partial charge is 0.416 e. The maximum Gasteiger partial charge on any atom is 0.416 e. The largest absolute Gasteiger partial charge is 0.477 e. The molecule has 0 bridgehead atoms. The molecule has 9 aliphatic heterocycles. The molecule has 484 valence electrons. The number of carboxylic acid groups (broad SMARTS) is 1. The summed E-state index contributed by atoms with van der Waals surface area (Å²) in [6.45, 7) is 20.7. The number of hydrogen-bond acceptors (Lipinski definition) is 25. The van der Waals surface area contributed by atoms with E-state index in [-0.39, 0.29) is 29.7 Å². The molecule has 25 nitrogen and oxygen atoms in total. The number of nitrogens with zero attached hydrogens (tertiary/aromatic N) is 11. The molecule has 13 heterocycles. The Labute approximate surface area is 527 Å². The number of carbonyl (C=O) groups is 2. The van der Waals surface area contributed by atoms with Gasteiger partial charge < -0.3 is 56.4 Å². The molecule has 9 aliphatic rings. The number of anilines is 4. The number of thiazole rings is 3. The number of rotatable bonds is 12. The maximum atomic E-state index is 15.6. The lowest BCUT2D eigenvalue weighted by molar-refractivity contribution is 0.0564. The number of carboxylic acids is 1. The lowest BCUT2D eigenvalue weighted by Gasteiger charge is -2.42. The SMILES string of the molecule is CC(C)(C)OC(=O)N(CC1CCC2CNCCN21)c1nccs1.CN1COc2c(N3CCN4C(CNc5nccs5)CCC4C3)c(F)cc3c(=O)c(C(=O)O)cn1c23.OCC1CCC2CNCCN12.[3H]N(C)O.c1csc(NCC2CCC3CNCCN32)n1. The van der Waals surface area contributed by atoms with Crippen molar-refractivity contribution in [3.05, 3.63) is 68.6 Å². The maximum absolute atomic E-state index is 15.6. The van der Waals surface area contributed by atoms with Gasteiger partial charge in [-0.15, -0.1) is 34.0 Å². The number of hydrogen-bond donors (Lipinski definition) is 9. The van der Waals surface area contributed by atoms with Crippen LogP contribution in [0.2, 0.25) is 1.41 Å². The number of pyridine rings is 1. The van der Waals surface area contributed by atoms with Gasteiger partial charge in [0.25, 0.3) is 0 Å². The van der Waals surface area contributed by atoms with Crippen molar-refractivity contribution in [2.24, 2.45) is 0 Å². The summed E-state index contributed by atoms with van der Waals surface area (Å²) in [6.07, 6.45) is 15.9. The number of aliphatic hydroxyl groups excluding tert-OH is 1. The molecule has 1 aromatic carbocycles. The highest BCUT2D eigenvalue weighted by Gasteiger charge is 2.42. The Morgan fingerprint density at radius 2 is 1.31 bits per heavy atom. The van der Waals surface area contributed by atoms with Gasteiger partial charge in [0.15, 0.2) is 35.1 Å². The summed E-state index contributed by atoms with van der Waals surface area (Å²) in [5.74, 6) is -1.62. The van der Waals surface area contributed by atoms with Crippen molar-refractivity contribution >= 4 is 78.1 Å². The number of aromatic carboxylic acids is 1. The normalized spacial score (nSPS) is 26.0. The first kappa shape index (κ1) is 64.1. The molecule has 8 atom stereocenters. The van der Waals surface area contributed by atoms with Crippen molar-refractivity contribution < 1.29 is 40.3 Å². The van der Waals surface area contributed by atoms with Crippen LogP contribution in [0.3, 0.4) is 0 Å². The third-order valence-corrected chi connectivity index (χ3v) is 20.4. The van der Waals surface area contributed by atoms with Crippen LogP contribution in [0.1, 0.15) is 82.5 Å². The highest BCUT2D eigenvalue weighted by atomic mass is 32.1. The molecular weight excluding hydrogens is 1190 g/mol. The Balaban J connectivity index is 0.000000139. The molecule has 29 heteroatoms. The molecule has 1 amide bonds. The van der Waals surface area contributed by atoms with Gasteiger partial charge in [-0.2, -0.15) is 0 Å². The second kappa shape index (κ2) is 30.6. The summed E-state index contributed by atoms with van der Waals surface area (Å²) < 4.78 is 34.6. The van der Waals surface area contributed by atoms with Crippen molar-refractivity contribution in [2.75, 3.05) is 151 Å². The van der Waals surface area contributed by atoms with Gasteiger partial charge in [0.1, 0.15) is 22.4 Å². The van der Waals surface area contributed by atoms with Crippen molar-refractivity contribution in [2.45, 2.75) is 126 Å². The van der Waals surface area contributed by atoms with E-state index in [0.29, 0.717) is 79.4 Å². The highest BCUT2D eigenvalue weighted by molar-refractivity contribution is 7.14. The zero-order valence-electron chi connectivity index (χ0n) is 52.3. The number of halogens is 1. The predicted molar refractivity (Wildman–Crippen MR) is 344 cm³/mol. The van der Waals surface area contributed by atoms with Gasteiger partial charge in [-0.05, 0) is 78.2 Å². The van der Waals surface area contributed by atoms with Gasteiger partial charge in [0.05, 0.1) is 12.0 Å². The molecule has 8 fully saturated rings. The third-order valence-electron chi connectivity index (χ3n) is 18.1. The molecule has 0 radical (unpaired) electrons. The van der Waals surface area contributed by atoms with Crippen LogP contribution in [-0.2, 0) is 4.74 Å². The number of aromatic nitrogens is 4. The van der Waals surface area contributed by atoms with Crippen molar-refractivity contribution in [3.8, 4) is 5.75 Å². The first-order valence-corrected chi connectivity index (χ1v) is 33.7. The lowest BCUT2D eigenvalue weighted by Crippen LogP contribution is -2.54. The van der Waals surface area contributed by atoms with Crippen molar-refractivity contribution in [1.29, 1.82) is 0 Å². The van der Waals surface area contributed by atoms with E-state index in [0.717, 1.165) is 112 Å². The number of aliphatic hydroxyl groups is 1. The van der Waals surface area contributed by atoms with Gasteiger partial charge in [0, 0.05) is 202 Å². The fraction of sp³-hybridized carbons (Fsp3) is 0.661. The Morgan fingerprint density at radius 1 is 0.784 bits per heavy atom. The number of hydroxylamine groups is 1. The minimum absolute atomic E-state index is 0.000488. The molecule has 88 heavy (non-hydrogen) atoms. The van der Waals surface area contributed by atoms with E-state index in [1.807, 2.05) is 48.0 Å². The van der Waals surface area contributed by atoms with Crippen LogP contribution in [0.4, 0.5) is 30.3 Å². The summed E-state index contributed by atoms with van der Waals surface area (Å²) in [7, 11) is 2.94. The summed E-state index contributed by atoms with van der Waals surface area (Å²) >= 11 is 4.75. The summed E-state index contributed by atoms with van der Waals surface area (Å²) in [5, 5.41) is 53.4. The fourth-order valence-electron chi connectivity index (χ4n) is 14.0. The Hall–Kier alpha value is -5.41. The number of ether oxygens (including phenoxy) is 2. The van der Waals surface area contributed by atoms with Crippen LogP contribution < -0.4 is 57.0 Å². The molecule has 5 aromatic rings. The van der Waals surface area contributed by atoms with Gasteiger partial charge >= 0.3 is 12.1 Å². The fourth-order valence-corrected chi connectivity index (χ4v) is 15.7. The monoisotopic (exact) mass is 1280 g/mol. The van der Waals surface area contributed by atoms with Gasteiger partial charge in [0.2, 0.25) is 5.43 Å². The number of fused-ring (bicyclic) bond motifs is 4. The van der Waals surface area contributed by atoms with E-state index < -0.39 is 28.4 Å². The summed E-state index contributed by atoms with van der Waals surface area (Å²) in [6, 6.07) is 5.48. The Kier molecular flexibility index (Phi) is 22.3. The quantitative estimate of drug-likeness (QED) is 0.0789. The van der Waals surface area contributed by atoms with E-state index in [2.05, 4.69) is 61.1 Å². The Morgan fingerprint density at radius 3 is 1.84 bits per heavy atom. The highest BCUT2D eigenvalue weighted by Crippen LogP contribution is 2.42. The summed E-state index contributed by atoms with van der Waals surface area (Å²) in [5.41, 5.74) is -0.637. The Bertz CT molecular complexity index is 3110. The second-order valence-corrected chi connectivity index (χ2v) is 27.3. The first-order chi connectivity index (χ1) is 42.9. The number of benzene rings is 1. The molecule has 8 unspecified atom stereocenters. The summed E-state index contributed by atoms with van der Waals surface area (Å²) in [4.78, 5) is 63.8. The molecule has 14 rings (SSSR count). The van der Waals surface area contributed by atoms with Gasteiger partial charge in [-0.25, -0.2) is 34.4 Å². The standard InChI is InChI=1S/C23H25FN6O4S.C16H26N4O2S.C11H18N4S.C8H16N2O.CH5NO/c1-27-12-34-21-18-15(20(31)16(22(32)33)11-30(18)27)8-17(24)19(21)28-5-6-29-13(2-3-14(29)10-28)9-26-23-25-4-7-35-23;1-16(2,3)22-15(21)20(14-18-7-9-23-14)11-13-5-4-12-10-17-6-8-19(12)13;1-2-10(8-14-11-13-4-6-16-11)15-5-3-12-7-9(1)15;11-6-8-2-1-7-5-9-3-4-10(7)8;1-2-3/h4,7-8,11,13-14H,2-3,5-6,9-10,12H2,1H3,(H,25,26)(H,32,33);7,9,12-13,17H,4-6,8,10-11H2,1-3H3;4,6,9-10,12H,1-3,5,7-8H2,(H,13,14);7-9,11H,1-6H2;2-3H,1H3/i/hT. The topological polar surface area (TPSA) is 269 Å². The van der Waals surface area contributed by atoms with Crippen LogP contribution in [-0.4, -0.2) is 246 Å². The van der Waals surface area contributed by atoms with Crippen LogP contribution in [0.25, 0.3) is 10.9 Å². The molecule has 8 saturated heterocycles. The molecule has 0 spiro atoms. The van der Waals surface area contributed by atoms with Crippen LogP contribution in [0.5, 0.6) is 5.75 Å². The van der Waals surface area contributed by atoms with Crippen LogP contribution in [0.15, 0.2) is 51.8 Å². The van der Waals surface area contributed by atoms with E-state index in [1.165, 1.54) is 69.8 Å². The predicted octanol–water partition coefficient (Wildman–Crippen LogP) is 4.30. The number of piperazine rings is 4. The van der Waals surface area contributed by atoms with Gasteiger partial charge in [-0.1, -0.05) is 0 Å². The third kappa shape index (κ3) is 15.8. The number of carbonyl (C=O) groups excluding carboxylic acids is 1. The zero-order chi connectivity index (χ0) is 62.8. The second-order valence-electron chi connectivity index (χ2n) is 24.7. The average Bonchev–Trinajstić information content (AvgIpc) is 1.61. The molecule has 0 saturated carbocycles. The molecular formula is C59H90FN17O8S3.